The van der Waals surface area contributed by atoms with Crippen molar-refractivity contribution in [3.63, 3.8) is 0 Å². The number of carbonyl (C=O) groups is 1. The third-order valence-electron chi connectivity index (χ3n) is 4.96. The van der Waals surface area contributed by atoms with Gasteiger partial charge in [-0.05, 0) is 38.0 Å². The lowest BCUT2D eigenvalue weighted by atomic mass is 9.95. The summed E-state index contributed by atoms with van der Waals surface area (Å²) in [6.45, 7) is 5.37. The van der Waals surface area contributed by atoms with Gasteiger partial charge in [-0.2, -0.15) is 0 Å². The van der Waals surface area contributed by atoms with Gasteiger partial charge in [-0.15, -0.1) is 0 Å². The Morgan fingerprint density at radius 3 is 2.43 bits per heavy atom. The highest BCUT2D eigenvalue weighted by atomic mass is 32.2. The van der Waals surface area contributed by atoms with Crippen LogP contribution < -0.4 is 19.5 Å². The van der Waals surface area contributed by atoms with Crippen LogP contribution in [0.4, 0.5) is 0 Å². The van der Waals surface area contributed by atoms with Crippen LogP contribution in [0.15, 0.2) is 59.2 Å². The molecular weight excluding hydrogens is 404 g/mol. The highest BCUT2D eigenvalue weighted by Crippen LogP contribution is 2.28. The summed E-state index contributed by atoms with van der Waals surface area (Å²) in [5, 5.41) is 3.01. The van der Waals surface area contributed by atoms with Gasteiger partial charge in [0.2, 0.25) is 0 Å². The molecule has 0 radical (unpaired) electrons. The maximum Gasteiger partial charge on any atom is 0.265 e. The first-order chi connectivity index (χ1) is 14.3. The molecule has 8 heteroatoms. The number of nitrogens with one attached hydrogen (secondary N) is 2. The zero-order valence-corrected chi connectivity index (χ0v) is 18.6. The molecule has 0 saturated heterocycles. The highest BCUT2D eigenvalue weighted by Gasteiger charge is 2.22. The zero-order chi connectivity index (χ0) is 22.1. The first-order valence-corrected chi connectivity index (χ1v) is 11.4. The van der Waals surface area contributed by atoms with Crippen LogP contribution >= 0.6 is 0 Å². The standard InChI is InChI=1S/C22H30N2O5S/c1-5-16(22(25)23-18-10-8-7-9-11-18)14-17(6-2)24-30(26,27)21-15-19(28-3)12-13-20(21)29-4/h5-6,12-15,18,24H,1,7-11H2,2-4H3,(H,23,25)/b16-14+,17-6+. The average Bonchev–Trinajstić information content (AvgIpc) is 2.76. The van der Waals surface area contributed by atoms with E-state index in [1.807, 2.05) is 0 Å². The minimum atomic E-state index is -3.99. The number of benzene rings is 1. The fourth-order valence-corrected chi connectivity index (χ4v) is 4.56. The molecule has 1 aromatic rings. The van der Waals surface area contributed by atoms with E-state index in [0.29, 0.717) is 5.75 Å². The quantitative estimate of drug-likeness (QED) is 0.459. The molecule has 0 spiro atoms. The van der Waals surface area contributed by atoms with E-state index in [0.717, 1.165) is 25.7 Å². The van der Waals surface area contributed by atoms with E-state index in [2.05, 4.69) is 16.6 Å². The van der Waals surface area contributed by atoms with E-state index >= 15 is 0 Å². The van der Waals surface area contributed by atoms with E-state index in [1.54, 1.807) is 19.1 Å². The third-order valence-corrected chi connectivity index (χ3v) is 6.36. The Kier molecular flexibility index (Phi) is 8.53. The van der Waals surface area contributed by atoms with Crippen molar-refractivity contribution < 1.29 is 22.7 Å². The van der Waals surface area contributed by atoms with Crippen molar-refractivity contribution in [2.24, 2.45) is 0 Å². The van der Waals surface area contributed by atoms with Crippen molar-refractivity contribution in [1.82, 2.24) is 10.0 Å². The molecule has 1 aromatic carbocycles. The second-order valence-corrected chi connectivity index (χ2v) is 8.63. The molecule has 2 N–H and O–H groups in total. The van der Waals surface area contributed by atoms with Crippen LogP contribution in [0.1, 0.15) is 39.0 Å². The molecule has 0 atom stereocenters. The minimum absolute atomic E-state index is 0.0658. The predicted molar refractivity (Wildman–Crippen MR) is 117 cm³/mol. The van der Waals surface area contributed by atoms with Crippen molar-refractivity contribution in [3.05, 3.63) is 54.3 Å². The van der Waals surface area contributed by atoms with Gasteiger partial charge in [0.1, 0.15) is 16.4 Å². The molecule has 1 fully saturated rings. The van der Waals surface area contributed by atoms with Crippen LogP contribution in [-0.4, -0.2) is 34.6 Å². The number of allylic oxidation sites excluding steroid dienone is 2. The number of ether oxygens (including phenoxy) is 2. The third kappa shape index (κ3) is 6.13. The molecule has 0 bridgehead atoms. The van der Waals surface area contributed by atoms with E-state index in [-0.39, 0.29) is 33.9 Å². The summed E-state index contributed by atoms with van der Waals surface area (Å²) in [7, 11) is -1.14. The highest BCUT2D eigenvalue weighted by molar-refractivity contribution is 7.89. The Bertz CT molecular complexity index is 929. The summed E-state index contributed by atoms with van der Waals surface area (Å²) in [6, 6.07) is 4.65. The molecule has 2 rings (SSSR count). The molecule has 0 heterocycles. The van der Waals surface area contributed by atoms with Crippen LogP contribution in [0.5, 0.6) is 11.5 Å². The molecule has 1 saturated carbocycles. The van der Waals surface area contributed by atoms with Crippen LogP contribution in [0, 0.1) is 0 Å². The topological polar surface area (TPSA) is 93.7 Å². The monoisotopic (exact) mass is 434 g/mol. The number of hydrogen-bond acceptors (Lipinski definition) is 5. The molecule has 164 valence electrons. The maximum absolute atomic E-state index is 13.0. The second-order valence-electron chi connectivity index (χ2n) is 6.98. The Balaban J connectivity index is 2.24. The lowest BCUT2D eigenvalue weighted by Crippen LogP contribution is -2.37. The number of methoxy groups -OCH3 is 2. The fraction of sp³-hybridized carbons (Fsp3) is 0.409. The van der Waals surface area contributed by atoms with Crippen LogP contribution in [-0.2, 0) is 14.8 Å². The van der Waals surface area contributed by atoms with Crippen molar-refractivity contribution in [3.8, 4) is 11.5 Å². The predicted octanol–water partition coefficient (Wildman–Crippen LogP) is 3.45. The molecule has 1 amide bonds. The SMILES string of the molecule is C=C/C(=C\C(=C/C)NS(=O)(=O)c1cc(OC)ccc1OC)C(=O)NC1CCCCC1. The van der Waals surface area contributed by atoms with Crippen molar-refractivity contribution in [2.45, 2.75) is 50.0 Å². The summed E-state index contributed by atoms with van der Waals surface area (Å²) in [4.78, 5) is 12.6. The van der Waals surface area contributed by atoms with Gasteiger partial charge >= 0.3 is 0 Å². The van der Waals surface area contributed by atoms with E-state index < -0.39 is 10.0 Å². The van der Waals surface area contributed by atoms with Gasteiger partial charge in [0.25, 0.3) is 15.9 Å². The smallest absolute Gasteiger partial charge is 0.265 e. The van der Waals surface area contributed by atoms with E-state index in [1.165, 1.54) is 44.9 Å². The molecule has 7 nitrogen and oxygen atoms in total. The molecule has 0 aromatic heterocycles. The lowest BCUT2D eigenvalue weighted by molar-refractivity contribution is -0.118. The van der Waals surface area contributed by atoms with Gasteiger partial charge in [0.15, 0.2) is 0 Å². The van der Waals surface area contributed by atoms with Crippen molar-refractivity contribution in [2.75, 3.05) is 14.2 Å². The number of hydrogen-bond donors (Lipinski definition) is 2. The summed E-state index contributed by atoms with van der Waals surface area (Å²) in [6.07, 6.45) is 9.75. The summed E-state index contributed by atoms with van der Waals surface area (Å²) in [5.74, 6) is 0.295. The first-order valence-electron chi connectivity index (χ1n) is 9.90. The van der Waals surface area contributed by atoms with E-state index in [4.69, 9.17) is 9.47 Å². The fourth-order valence-electron chi connectivity index (χ4n) is 3.28. The first kappa shape index (κ1) is 23.5. The average molecular weight is 435 g/mol. The Labute approximate surface area is 178 Å². The van der Waals surface area contributed by atoms with Crippen LogP contribution in [0.2, 0.25) is 0 Å². The molecular formula is C22H30N2O5S. The number of rotatable bonds is 9. The van der Waals surface area contributed by atoms with Gasteiger partial charge in [-0.3, -0.25) is 9.52 Å². The number of carbonyl (C=O) groups excluding carboxylic acids is 1. The summed E-state index contributed by atoms with van der Waals surface area (Å²) < 4.78 is 38.7. The van der Waals surface area contributed by atoms with Crippen molar-refractivity contribution >= 4 is 15.9 Å². The largest absolute Gasteiger partial charge is 0.497 e. The van der Waals surface area contributed by atoms with Gasteiger partial charge in [0.05, 0.1) is 14.2 Å². The summed E-state index contributed by atoms with van der Waals surface area (Å²) >= 11 is 0. The van der Waals surface area contributed by atoms with Crippen LogP contribution in [0.3, 0.4) is 0 Å². The van der Waals surface area contributed by atoms with Gasteiger partial charge in [-0.1, -0.05) is 38.0 Å². The van der Waals surface area contributed by atoms with Crippen molar-refractivity contribution in [1.29, 1.82) is 0 Å². The zero-order valence-electron chi connectivity index (χ0n) is 17.7. The minimum Gasteiger partial charge on any atom is -0.497 e. The second kappa shape index (κ2) is 10.9. The number of sulfonamides is 1. The van der Waals surface area contributed by atoms with Gasteiger partial charge in [0, 0.05) is 23.4 Å². The van der Waals surface area contributed by atoms with E-state index in [9.17, 15) is 13.2 Å². The Morgan fingerprint density at radius 2 is 1.87 bits per heavy atom. The molecule has 30 heavy (non-hydrogen) atoms. The molecule has 0 unspecified atom stereocenters. The lowest BCUT2D eigenvalue weighted by Gasteiger charge is -2.23. The normalized spacial score (nSPS) is 16.0. The van der Waals surface area contributed by atoms with Gasteiger partial charge in [-0.25, -0.2) is 8.42 Å². The molecule has 0 aliphatic heterocycles. The van der Waals surface area contributed by atoms with Gasteiger partial charge < -0.3 is 14.8 Å². The molecule has 1 aliphatic rings. The summed E-state index contributed by atoms with van der Waals surface area (Å²) in [5.41, 5.74) is 0.530. The van der Waals surface area contributed by atoms with Crippen LogP contribution in [0.25, 0.3) is 0 Å². The maximum atomic E-state index is 13.0. The Hall–Kier alpha value is -2.74. The molecule has 1 aliphatic carbocycles. The number of amides is 1. The Morgan fingerprint density at radius 1 is 1.17 bits per heavy atom.